The van der Waals surface area contributed by atoms with Crippen molar-refractivity contribution in [2.45, 2.75) is 33.0 Å². The van der Waals surface area contributed by atoms with Gasteiger partial charge in [-0.15, -0.1) is 0 Å². The van der Waals surface area contributed by atoms with Crippen LogP contribution in [0.4, 0.5) is 5.82 Å². The highest BCUT2D eigenvalue weighted by atomic mass is 16.5. The van der Waals surface area contributed by atoms with Gasteiger partial charge in [0.2, 0.25) is 5.91 Å². The Balaban J connectivity index is 1.52. The SMILES string of the molecule is Cc1cc(NC(=O)[C@H](C)NCc2cccc(Cn3cccn3)c2)no1. The first-order valence-electron chi connectivity index (χ1n) is 8.13. The van der Waals surface area contributed by atoms with Gasteiger partial charge in [-0.3, -0.25) is 9.48 Å². The smallest absolute Gasteiger partial charge is 0.242 e. The van der Waals surface area contributed by atoms with E-state index in [1.165, 1.54) is 0 Å². The number of nitrogens with one attached hydrogen (secondary N) is 2. The predicted octanol–water partition coefficient (Wildman–Crippen LogP) is 2.34. The van der Waals surface area contributed by atoms with Crippen LogP contribution in [0.3, 0.4) is 0 Å². The van der Waals surface area contributed by atoms with Crippen molar-refractivity contribution in [3.63, 3.8) is 0 Å². The first-order valence-corrected chi connectivity index (χ1v) is 8.13. The minimum absolute atomic E-state index is 0.152. The maximum atomic E-state index is 12.2. The average Bonchev–Trinajstić information content (AvgIpc) is 3.25. The normalized spacial score (nSPS) is 12.1. The van der Waals surface area contributed by atoms with Gasteiger partial charge in [-0.2, -0.15) is 5.10 Å². The highest BCUT2D eigenvalue weighted by Gasteiger charge is 2.14. The molecule has 0 spiro atoms. The summed E-state index contributed by atoms with van der Waals surface area (Å²) in [5.41, 5.74) is 2.28. The molecular formula is C18H21N5O2. The minimum atomic E-state index is -0.355. The number of nitrogens with zero attached hydrogens (tertiary/aromatic N) is 3. The molecule has 0 bridgehead atoms. The molecule has 0 fully saturated rings. The largest absolute Gasteiger partial charge is 0.360 e. The Morgan fingerprint density at radius 2 is 2.12 bits per heavy atom. The standard InChI is InChI=1S/C18H21N5O2/c1-13-9-17(22-25-13)21-18(24)14(2)19-11-15-5-3-6-16(10-15)12-23-8-4-7-20-23/h3-10,14,19H,11-12H2,1-2H3,(H,21,22,24)/t14-/m0/s1. The van der Waals surface area contributed by atoms with Gasteiger partial charge in [0, 0.05) is 25.0 Å². The molecule has 2 heterocycles. The van der Waals surface area contributed by atoms with Crippen LogP contribution in [0.2, 0.25) is 0 Å². The van der Waals surface area contributed by atoms with Crippen molar-refractivity contribution >= 4 is 11.7 Å². The number of rotatable bonds is 7. The quantitative estimate of drug-likeness (QED) is 0.690. The highest BCUT2D eigenvalue weighted by molar-refractivity contribution is 5.93. The van der Waals surface area contributed by atoms with Crippen molar-refractivity contribution in [1.82, 2.24) is 20.3 Å². The van der Waals surface area contributed by atoms with Gasteiger partial charge in [0.1, 0.15) is 5.76 Å². The third kappa shape index (κ3) is 4.77. The van der Waals surface area contributed by atoms with Crippen LogP contribution >= 0.6 is 0 Å². The Hall–Kier alpha value is -2.93. The summed E-state index contributed by atoms with van der Waals surface area (Å²) < 4.78 is 6.82. The summed E-state index contributed by atoms with van der Waals surface area (Å²) in [4.78, 5) is 12.2. The summed E-state index contributed by atoms with van der Waals surface area (Å²) in [6, 6.07) is 11.5. The topological polar surface area (TPSA) is 85.0 Å². The second kappa shape index (κ2) is 7.76. The molecule has 0 radical (unpaired) electrons. The third-order valence-electron chi connectivity index (χ3n) is 3.78. The lowest BCUT2D eigenvalue weighted by Crippen LogP contribution is -2.37. The van der Waals surface area contributed by atoms with Gasteiger partial charge in [0.05, 0.1) is 12.6 Å². The fourth-order valence-electron chi connectivity index (χ4n) is 2.44. The Labute approximate surface area is 146 Å². The Morgan fingerprint density at radius 1 is 1.28 bits per heavy atom. The van der Waals surface area contributed by atoms with E-state index in [1.807, 2.05) is 36.0 Å². The van der Waals surface area contributed by atoms with Gasteiger partial charge in [-0.05, 0) is 31.0 Å². The molecule has 7 nitrogen and oxygen atoms in total. The van der Waals surface area contributed by atoms with Gasteiger partial charge in [0.25, 0.3) is 0 Å². The Bertz CT molecular complexity index is 826. The van der Waals surface area contributed by atoms with Crippen molar-refractivity contribution in [2.75, 3.05) is 5.32 Å². The third-order valence-corrected chi connectivity index (χ3v) is 3.78. The van der Waals surface area contributed by atoms with Crippen molar-refractivity contribution in [3.05, 3.63) is 65.7 Å². The van der Waals surface area contributed by atoms with Crippen LogP contribution in [0.25, 0.3) is 0 Å². The molecule has 3 aromatic rings. The highest BCUT2D eigenvalue weighted by Crippen LogP contribution is 2.09. The number of hydrogen-bond donors (Lipinski definition) is 2. The van der Waals surface area contributed by atoms with E-state index in [2.05, 4.69) is 33.0 Å². The Kier molecular flexibility index (Phi) is 5.25. The fourth-order valence-corrected chi connectivity index (χ4v) is 2.44. The zero-order valence-corrected chi connectivity index (χ0v) is 14.3. The summed E-state index contributed by atoms with van der Waals surface area (Å²) in [6.45, 7) is 4.91. The van der Waals surface area contributed by atoms with Crippen molar-refractivity contribution in [2.24, 2.45) is 0 Å². The number of anilines is 1. The predicted molar refractivity (Wildman–Crippen MR) is 93.9 cm³/mol. The molecule has 7 heteroatoms. The number of aromatic nitrogens is 3. The second-order valence-corrected chi connectivity index (χ2v) is 5.94. The lowest BCUT2D eigenvalue weighted by atomic mass is 10.1. The molecule has 0 aliphatic heterocycles. The molecule has 0 aliphatic rings. The van der Waals surface area contributed by atoms with E-state index in [1.54, 1.807) is 19.2 Å². The molecule has 0 saturated heterocycles. The molecule has 0 saturated carbocycles. The van der Waals surface area contributed by atoms with E-state index < -0.39 is 0 Å². The number of carbonyl (C=O) groups excluding carboxylic acids is 1. The first kappa shape index (κ1) is 16.9. The summed E-state index contributed by atoms with van der Waals surface area (Å²) >= 11 is 0. The zero-order valence-electron chi connectivity index (χ0n) is 14.3. The molecule has 25 heavy (non-hydrogen) atoms. The fraction of sp³-hybridized carbons (Fsp3) is 0.278. The van der Waals surface area contributed by atoms with Crippen molar-refractivity contribution < 1.29 is 9.32 Å². The molecule has 3 rings (SSSR count). The van der Waals surface area contributed by atoms with Gasteiger partial charge >= 0.3 is 0 Å². The van der Waals surface area contributed by atoms with Crippen LogP contribution < -0.4 is 10.6 Å². The lowest BCUT2D eigenvalue weighted by molar-refractivity contribution is -0.117. The molecule has 2 N–H and O–H groups in total. The summed E-state index contributed by atoms with van der Waals surface area (Å²) in [7, 11) is 0. The van der Waals surface area contributed by atoms with Crippen LogP contribution in [-0.4, -0.2) is 26.9 Å². The molecule has 0 aliphatic carbocycles. The molecule has 130 valence electrons. The second-order valence-electron chi connectivity index (χ2n) is 5.94. The maximum Gasteiger partial charge on any atom is 0.242 e. The molecule has 1 aromatic carbocycles. The van der Waals surface area contributed by atoms with Gasteiger partial charge < -0.3 is 15.2 Å². The summed E-state index contributed by atoms with van der Waals surface area (Å²) in [6.07, 6.45) is 3.70. The summed E-state index contributed by atoms with van der Waals surface area (Å²) in [5.74, 6) is 0.934. The minimum Gasteiger partial charge on any atom is -0.360 e. The van der Waals surface area contributed by atoms with Crippen LogP contribution in [0.15, 0.2) is 53.3 Å². The molecule has 0 unspecified atom stereocenters. The number of benzene rings is 1. The van der Waals surface area contributed by atoms with Gasteiger partial charge in [-0.1, -0.05) is 29.4 Å². The van der Waals surface area contributed by atoms with E-state index in [4.69, 9.17) is 4.52 Å². The van der Waals surface area contributed by atoms with E-state index in [9.17, 15) is 4.79 Å². The summed E-state index contributed by atoms with van der Waals surface area (Å²) in [5, 5.41) is 13.9. The number of amides is 1. The molecule has 1 atom stereocenters. The maximum absolute atomic E-state index is 12.2. The Morgan fingerprint density at radius 3 is 2.84 bits per heavy atom. The van der Waals surface area contributed by atoms with Crippen LogP contribution in [-0.2, 0) is 17.9 Å². The van der Waals surface area contributed by atoms with Gasteiger partial charge in [0.15, 0.2) is 5.82 Å². The van der Waals surface area contributed by atoms with Crippen LogP contribution in [0.5, 0.6) is 0 Å². The monoisotopic (exact) mass is 339 g/mol. The number of carbonyl (C=O) groups is 1. The van der Waals surface area contributed by atoms with E-state index >= 15 is 0 Å². The number of hydrogen-bond acceptors (Lipinski definition) is 5. The zero-order chi connectivity index (χ0) is 17.6. The van der Waals surface area contributed by atoms with Crippen molar-refractivity contribution in [1.29, 1.82) is 0 Å². The van der Waals surface area contributed by atoms with E-state index in [0.29, 0.717) is 18.1 Å². The van der Waals surface area contributed by atoms with E-state index in [-0.39, 0.29) is 11.9 Å². The average molecular weight is 339 g/mol. The van der Waals surface area contributed by atoms with Gasteiger partial charge in [-0.25, -0.2) is 0 Å². The van der Waals surface area contributed by atoms with Crippen LogP contribution in [0, 0.1) is 6.92 Å². The first-order chi connectivity index (χ1) is 12.1. The molecule has 1 amide bonds. The van der Waals surface area contributed by atoms with Crippen molar-refractivity contribution in [3.8, 4) is 0 Å². The van der Waals surface area contributed by atoms with Crippen LogP contribution in [0.1, 0.15) is 23.8 Å². The lowest BCUT2D eigenvalue weighted by Gasteiger charge is -2.13. The number of aryl methyl sites for hydroxylation is 1. The molecular weight excluding hydrogens is 318 g/mol. The van der Waals surface area contributed by atoms with E-state index in [0.717, 1.165) is 17.7 Å². The molecule has 2 aromatic heterocycles.